The monoisotopic (exact) mass is 207 g/mol. The Bertz CT molecular complexity index is 368. The molecule has 2 N–H and O–H groups in total. The average molecular weight is 207 g/mol. The molecular weight excluding hydrogens is 190 g/mol. The van der Waals surface area contributed by atoms with Gasteiger partial charge in [0, 0.05) is 6.04 Å². The van der Waals surface area contributed by atoms with Crippen LogP contribution in [-0.2, 0) is 0 Å². The van der Waals surface area contributed by atoms with Crippen LogP contribution in [-0.4, -0.2) is 28.3 Å². The van der Waals surface area contributed by atoms with Crippen LogP contribution in [0.4, 0.5) is 4.79 Å². The summed E-state index contributed by atoms with van der Waals surface area (Å²) < 4.78 is 0. The number of urea groups is 1. The molecule has 4 nitrogen and oxygen atoms in total. The van der Waals surface area contributed by atoms with Gasteiger partial charge in [-0.25, -0.2) is 4.79 Å². The maximum absolute atomic E-state index is 11.8. The number of amidine groups is 1. The van der Waals surface area contributed by atoms with Crippen molar-refractivity contribution in [1.82, 2.24) is 4.90 Å². The molecule has 1 atom stereocenters. The van der Waals surface area contributed by atoms with Crippen molar-refractivity contribution in [3.05, 3.63) is 0 Å². The normalized spacial score (nSPS) is 38.1. The molecule has 2 fully saturated rings. The summed E-state index contributed by atoms with van der Waals surface area (Å²) in [7, 11) is 0. The van der Waals surface area contributed by atoms with Crippen LogP contribution in [0.25, 0.3) is 0 Å². The van der Waals surface area contributed by atoms with Crippen molar-refractivity contribution in [2.24, 2.45) is 16.1 Å². The van der Waals surface area contributed by atoms with E-state index in [1.54, 1.807) is 0 Å². The van der Waals surface area contributed by atoms with E-state index in [9.17, 15) is 4.79 Å². The van der Waals surface area contributed by atoms with Crippen LogP contribution < -0.4 is 5.73 Å². The van der Waals surface area contributed by atoms with E-state index in [4.69, 9.17) is 5.73 Å². The van der Waals surface area contributed by atoms with Crippen molar-refractivity contribution in [2.75, 3.05) is 0 Å². The van der Waals surface area contributed by atoms with E-state index >= 15 is 0 Å². The largest absolute Gasteiger partial charge is 0.385 e. The summed E-state index contributed by atoms with van der Waals surface area (Å²) in [5.74, 6) is 0.527. The summed E-state index contributed by atoms with van der Waals surface area (Å²) in [5, 5.41) is 0. The minimum atomic E-state index is -0.314. The minimum absolute atomic E-state index is 0.120. The number of carbonyl (C=O) groups is 1. The fraction of sp³-hybridized carbons (Fsp3) is 0.818. The van der Waals surface area contributed by atoms with Gasteiger partial charge in [0.2, 0.25) is 0 Å². The van der Waals surface area contributed by atoms with Crippen molar-refractivity contribution in [3.8, 4) is 0 Å². The Kier molecular flexibility index (Phi) is 1.45. The van der Waals surface area contributed by atoms with Gasteiger partial charge < -0.3 is 10.6 Å². The van der Waals surface area contributed by atoms with Crippen LogP contribution in [0.15, 0.2) is 4.99 Å². The number of hydrogen-bond acceptors (Lipinski definition) is 2. The highest BCUT2D eigenvalue weighted by Crippen LogP contribution is 2.59. The molecule has 15 heavy (non-hydrogen) atoms. The Morgan fingerprint density at radius 2 is 2.00 bits per heavy atom. The second-order valence-electron chi connectivity index (χ2n) is 5.51. The number of carbonyl (C=O) groups excluding carboxylic acids is 1. The van der Waals surface area contributed by atoms with Crippen LogP contribution in [0.1, 0.15) is 39.5 Å². The van der Waals surface area contributed by atoms with Crippen LogP contribution in [0.5, 0.6) is 0 Å². The highest BCUT2D eigenvalue weighted by molar-refractivity contribution is 6.06. The molecule has 0 aromatic rings. The number of nitrogens with two attached hydrogens (primary N) is 1. The van der Waals surface area contributed by atoms with Crippen LogP contribution >= 0.6 is 0 Å². The maximum atomic E-state index is 11.8. The Labute approximate surface area is 89.5 Å². The molecule has 0 bridgehead atoms. The zero-order valence-electron chi connectivity index (χ0n) is 9.29. The lowest BCUT2D eigenvalue weighted by Gasteiger charge is -2.40. The molecule has 3 aliphatic rings. The number of rotatable bonds is 2. The number of hydrogen-bond donors (Lipinski definition) is 1. The van der Waals surface area contributed by atoms with Gasteiger partial charge in [0.15, 0.2) is 0 Å². The van der Waals surface area contributed by atoms with E-state index < -0.39 is 0 Å². The summed E-state index contributed by atoms with van der Waals surface area (Å²) in [5.41, 5.74) is 5.82. The molecule has 1 heterocycles. The van der Waals surface area contributed by atoms with E-state index in [1.807, 2.05) is 4.90 Å². The van der Waals surface area contributed by atoms with Gasteiger partial charge in [0.1, 0.15) is 11.4 Å². The van der Waals surface area contributed by atoms with Gasteiger partial charge in [0.05, 0.1) is 0 Å². The fourth-order valence-electron chi connectivity index (χ4n) is 2.71. The van der Waals surface area contributed by atoms with Crippen molar-refractivity contribution in [1.29, 1.82) is 0 Å². The predicted octanol–water partition coefficient (Wildman–Crippen LogP) is 1.50. The van der Waals surface area contributed by atoms with Gasteiger partial charge >= 0.3 is 6.03 Å². The molecule has 0 saturated heterocycles. The lowest BCUT2D eigenvalue weighted by Crippen LogP contribution is -2.58. The van der Waals surface area contributed by atoms with Gasteiger partial charge in [-0.2, -0.15) is 4.99 Å². The number of nitrogens with zero attached hydrogens (tertiary/aromatic N) is 2. The van der Waals surface area contributed by atoms with Crippen molar-refractivity contribution in [2.45, 2.75) is 51.1 Å². The Morgan fingerprint density at radius 1 is 1.40 bits per heavy atom. The first-order valence-corrected chi connectivity index (χ1v) is 5.67. The third kappa shape index (κ3) is 0.971. The number of amides is 2. The topological polar surface area (TPSA) is 58.7 Å². The highest BCUT2D eigenvalue weighted by Gasteiger charge is 2.64. The smallest absolute Gasteiger partial charge is 0.346 e. The summed E-state index contributed by atoms with van der Waals surface area (Å²) in [6.45, 7) is 4.30. The first kappa shape index (κ1) is 9.19. The van der Waals surface area contributed by atoms with E-state index in [0.717, 1.165) is 25.7 Å². The van der Waals surface area contributed by atoms with E-state index in [2.05, 4.69) is 18.8 Å². The molecular formula is C11H17N3O. The highest BCUT2D eigenvalue weighted by atomic mass is 16.2. The first-order valence-electron chi connectivity index (χ1n) is 5.67. The average Bonchev–Trinajstić information content (AvgIpc) is 3.01. The zero-order valence-corrected chi connectivity index (χ0v) is 9.29. The van der Waals surface area contributed by atoms with Crippen molar-refractivity contribution in [3.63, 3.8) is 0 Å². The van der Waals surface area contributed by atoms with Crippen molar-refractivity contribution >= 4 is 11.9 Å². The molecule has 2 aliphatic carbocycles. The van der Waals surface area contributed by atoms with Gasteiger partial charge in [-0.15, -0.1) is 0 Å². The van der Waals surface area contributed by atoms with E-state index in [0.29, 0.717) is 11.9 Å². The van der Waals surface area contributed by atoms with Gasteiger partial charge in [0.25, 0.3) is 0 Å². The molecule has 0 aromatic heterocycles. The molecule has 2 amide bonds. The first-order chi connectivity index (χ1) is 6.99. The Morgan fingerprint density at radius 3 is 2.47 bits per heavy atom. The van der Waals surface area contributed by atoms with Crippen LogP contribution in [0.2, 0.25) is 0 Å². The van der Waals surface area contributed by atoms with Crippen molar-refractivity contribution < 1.29 is 4.79 Å². The lowest BCUT2D eigenvalue weighted by molar-refractivity contribution is 0.131. The molecule has 4 heteroatoms. The quantitative estimate of drug-likeness (QED) is 0.746. The molecule has 0 radical (unpaired) electrons. The summed E-state index contributed by atoms with van der Waals surface area (Å²) in [6, 6.07) is 0.273. The molecule has 0 aromatic carbocycles. The predicted molar refractivity (Wildman–Crippen MR) is 57.6 cm³/mol. The zero-order chi connectivity index (χ0) is 10.8. The Balaban J connectivity index is 2.03. The second kappa shape index (κ2) is 2.36. The number of aliphatic imine (C=N–C) groups is 1. The van der Waals surface area contributed by atoms with Crippen LogP contribution in [0.3, 0.4) is 0 Å². The van der Waals surface area contributed by atoms with Crippen LogP contribution in [0, 0.1) is 5.41 Å². The molecule has 82 valence electrons. The summed E-state index contributed by atoms with van der Waals surface area (Å²) in [4.78, 5) is 17.7. The molecule has 1 aliphatic heterocycles. The Hall–Kier alpha value is -1.06. The van der Waals surface area contributed by atoms with Gasteiger partial charge in [-0.3, -0.25) is 0 Å². The minimum Gasteiger partial charge on any atom is -0.385 e. The molecule has 2 saturated carbocycles. The van der Waals surface area contributed by atoms with E-state index in [1.165, 1.54) is 0 Å². The molecule has 1 unspecified atom stereocenters. The molecule has 3 rings (SSSR count). The lowest BCUT2D eigenvalue weighted by atomic mass is 9.81. The maximum Gasteiger partial charge on any atom is 0.346 e. The third-order valence-electron chi connectivity index (χ3n) is 4.49. The summed E-state index contributed by atoms with van der Waals surface area (Å²) >= 11 is 0. The second-order valence-corrected chi connectivity index (χ2v) is 5.51. The fourth-order valence-corrected chi connectivity index (χ4v) is 2.71. The van der Waals surface area contributed by atoms with Gasteiger partial charge in [-0.05, 0) is 38.0 Å². The molecule has 0 spiro atoms. The standard InChI is InChI=1S/C11H17N3O/c1-10(5-6-10)11(2)8(12)13-9(15)14(11)7-3-4-7/h7H,3-6H2,1-2H3,(H2,12,13,15). The third-order valence-corrected chi connectivity index (χ3v) is 4.49. The van der Waals surface area contributed by atoms with E-state index in [-0.39, 0.29) is 17.0 Å². The van der Waals surface area contributed by atoms with Gasteiger partial charge in [-0.1, -0.05) is 6.92 Å². The SMILES string of the molecule is CC1(C2(C)C(N)=NC(=O)N2C2CC2)CC1. The summed E-state index contributed by atoms with van der Waals surface area (Å²) in [6.07, 6.45) is 4.52.